The zero-order valence-electron chi connectivity index (χ0n) is 16.9. The number of likely N-dealkylation sites (N-methyl/N-ethyl adjacent to an activating group) is 1. The molecule has 0 fully saturated rings. The number of halogens is 1. The summed E-state index contributed by atoms with van der Waals surface area (Å²) >= 11 is 1.21. The maximum Gasteiger partial charge on any atom is 0.262 e. The molecule has 0 unspecified atom stereocenters. The number of fused-ring (bicyclic) bond motifs is 1. The van der Waals surface area contributed by atoms with Gasteiger partial charge in [0.15, 0.2) is 0 Å². The summed E-state index contributed by atoms with van der Waals surface area (Å²) in [7, 11) is 0. The van der Waals surface area contributed by atoms with Crippen molar-refractivity contribution in [1.82, 2.24) is 19.8 Å². The average Bonchev–Trinajstić information content (AvgIpc) is 3.06. The van der Waals surface area contributed by atoms with E-state index in [2.05, 4.69) is 29.0 Å². The van der Waals surface area contributed by atoms with Crippen LogP contribution in [0.15, 0.2) is 35.4 Å². The molecule has 0 aliphatic heterocycles. The van der Waals surface area contributed by atoms with Crippen LogP contribution in [0.25, 0.3) is 10.2 Å². The molecule has 0 radical (unpaired) electrons. The SMILES string of the molecule is CCN(CC)CCNC(=O)c1sc2ncn(Cc3ccccc3F)c(=O)c2c1C. The summed E-state index contributed by atoms with van der Waals surface area (Å²) in [6.45, 7) is 9.19. The van der Waals surface area contributed by atoms with Gasteiger partial charge in [0, 0.05) is 18.7 Å². The van der Waals surface area contributed by atoms with Gasteiger partial charge >= 0.3 is 0 Å². The molecule has 6 nitrogen and oxygen atoms in total. The molecular formula is C21H25FN4O2S. The molecule has 8 heteroatoms. The van der Waals surface area contributed by atoms with E-state index < -0.39 is 0 Å². The van der Waals surface area contributed by atoms with Gasteiger partial charge in [0.1, 0.15) is 10.6 Å². The molecule has 0 bridgehead atoms. The van der Waals surface area contributed by atoms with Gasteiger partial charge in [0.05, 0.1) is 23.1 Å². The van der Waals surface area contributed by atoms with E-state index in [0.29, 0.717) is 32.8 Å². The van der Waals surface area contributed by atoms with Crippen LogP contribution in [0.1, 0.15) is 34.6 Å². The lowest BCUT2D eigenvalue weighted by molar-refractivity contribution is 0.0952. The van der Waals surface area contributed by atoms with Gasteiger partial charge < -0.3 is 10.2 Å². The second kappa shape index (κ2) is 9.28. The van der Waals surface area contributed by atoms with E-state index in [0.717, 1.165) is 19.6 Å². The molecule has 0 saturated carbocycles. The largest absolute Gasteiger partial charge is 0.350 e. The monoisotopic (exact) mass is 416 g/mol. The van der Waals surface area contributed by atoms with E-state index in [9.17, 15) is 14.0 Å². The molecule has 0 spiro atoms. The van der Waals surface area contributed by atoms with Crippen LogP contribution in [-0.2, 0) is 6.54 Å². The number of amides is 1. The van der Waals surface area contributed by atoms with Gasteiger partial charge in [-0.1, -0.05) is 32.0 Å². The Labute approximate surface area is 173 Å². The van der Waals surface area contributed by atoms with Crippen LogP contribution in [0.3, 0.4) is 0 Å². The standard InChI is InChI=1S/C21H25FN4O2S/c1-4-25(5-2)11-10-23-19(27)18-14(3)17-20(29-18)24-13-26(21(17)28)12-15-8-6-7-9-16(15)22/h6-9,13H,4-5,10-12H2,1-3H3,(H,23,27). The molecule has 1 amide bonds. The smallest absolute Gasteiger partial charge is 0.262 e. The van der Waals surface area contributed by atoms with Crippen molar-refractivity contribution in [3.8, 4) is 0 Å². The fourth-order valence-corrected chi connectivity index (χ4v) is 4.30. The van der Waals surface area contributed by atoms with Crippen LogP contribution in [-0.4, -0.2) is 46.5 Å². The molecule has 2 aromatic heterocycles. The summed E-state index contributed by atoms with van der Waals surface area (Å²) in [6.07, 6.45) is 1.41. The van der Waals surface area contributed by atoms with E-state index in [1.54, 1.807) is 25.1 Å². The zero-order chi connectivity index (χ0) is 21.0. The molecule has 0 atom stereocenters. The highest BCUT2D eigenvalue weighted by molar-refractivity contribution is 7.20. The molecule has 3 aromatic rings. The second-order valence-electron chi connectivity index (χ2n) is 6.79. The van der Waals surface area contributed by atoms with Crippen LogP contribution >= 0.6 is 11.3 Å². The Balaban J connectivity index is 1.84. The molecule has 0 aliphatic carbocycles. The lowest BCUT2D eigenvalue weighted by atomic mass is 10.2. The predicted octanol–water partition coefficient (Wildman–Crippen LogP) is 3.03. The number of aromatic nitrogens is 2. The highest BCUT2D eigenvalue weighted by atomic mass is 32.1. The molecule has 154 valence electrons. The third-order valence-electron chi connectivity index (χ3n) is 5.03. The zero-order valence-corrected chi connectivity index (χ0v) is 17.7. The molecule has 1 N–H and O–H groups in total. The van der Waals surface area contributed by atoms with Crippen LogP contribution in [0.5, 0.6) is 0 Å². The number of hydrogen-bond donors (Lipinski definition) is 1. The Morgan fingerprint density at radius 1 is 1.28 bits per heavy atom. The van der Waals surface area contributed by atoms with Gasteiger partial charge in [0.2, 0.25) is 0 Å². The third-order valence-corrected chi connectivity index (χ3v) is 6.23. The Morgan fingerprint density at radius 3 is 2.69 bits per heavy atom. The van der Waals surface area contributed by atoms with Gasteiger partial charge in [-0.05, 0) is 31.6 Å². The fraction of sp³-hybridized carbons (Fsp3) is 0.381. The molecule has 2 heterocycles. The lowest BCUT2D eigenvalue weighted by Gasteiger charge is -2.17. The quantitative estimate of drug-likeness (QED) is 0.613. The van der Waals surface area contributed by atoms with Crippen LogP contribution in [0, 0.1) is 12.7 Å². The van der Waals surface area contributed by atoms with Crippen molar-refractivity contribution >= 4 is 27.5 Å². The highest BCUT2D eigenvalue weighted by Gasteiger charge is 2.19. The minimum atomic E-state index is -0.366. The van der Waals surface area contributed by atoms with Crippen molar-refractivity contribution in [2.45, 2.75) is 27.3 Å². The summed E-state index contributed by atoms with van der Waals surface area (Å²) < 4.78 is 15.3. The van der Waals surface area contributed by atoms with E-state index in [-0.39, 0.29) is 23.8 Å². The molecule has 1 aromatic carbocycles. The van der Waals surface area contributed by atoms with E-state index in [1.807, 2.05) is 0 Å². The highest BCUT2D eigenvalue weighted by Crippen LogP contribution is 2.26. The van der Waals surface area contributed by atoms with Gasteiger partial charge in [0.25, 0.3) is 11.5 Å². The second-order valence-corrected chi connectivity index (χ2v) is 7.79. The number of nitrogens with zero attached hydrogens (tertiary/aromatic N) is 3. The first-order valence-corrected chi connectivity index (χ1v) is 10.5. The van der Waals surface area contributed by atoms with E-state index in [1.165, 1.54) is 28.3 Å². The maximum atomic E-state index is 13.9. The number of rotatable bonds is 8. The van der Waals surface area contributed by atoms with E-state index >= 15 is 0 Å². The van der Waals surface area contributed by atoms with Crippen LogP contribution in [0.4, 0.5) is 4.39 Å². The molecule has 3 rings (SSSR count). The minimum absolute atomic E-state index is 0.0924. The molecule has 0 saturated heterocycles. The number of benzene rings is 1. The Kier molecular flexibility index (Phi) is 6.76. The van der Waals surface area contributed by atoms with Gasteiger partial charge in [-0.15, -0.1) is 11.3 Å². The van der Waals surface area contributed by atoms with Crippen molar-refractivity contribution < 1.29 is 9.18 Å². The first-order chi connectivity index (χ1) is 14.0. The number of thiophene rings is 1. The molecule has 29 heavy (non-hydrogen) atoms. The van der Waals surface area contributed by atoms with Crippen molar-refractivity contribution in [3.05, 3.63) is 62.8 Å². The fourth-order valence-electron chi connectivity index (χ4n) is 3.25. The van der Waals surface area contributed by atoms with Gasteiger partial charge in [-0.3, -0.25) is 14.2 Å². The summed E-state index contributed by atoms with van der Waals surface area (Å²) in [5.74, 6) is -0.562. The number of aryl methyl sites for hydroxylation is 1. The lowest BCUT2D eigenvalue weighted by Crippen LogP contribution is -2.34. The normalized spacial score (nSPS) is 11.3. The Morgan fingerprint density at radius 2 is 2.00 bits per heavy atom. The topological polar surface area (TPSA) is 67.2 Å². The summed E-state index contributed by atoms with van der Waals surface area (Å²) in [4.78, 5) is 33.1. The number of nitrogens with one attached hydrogen (secondary N) is 1. The van der Waals surface area contributed by atoms with Gasteiger partial charge in [-0.2, -0.15) is 0 Å². The van der Waals surface area contributed by atoms with Gasteiger partial charge in [-0.25, -0.2) is 9.37 Å². The third kappa shape index (κ3) is 4.54. The van der Waals surface area contributed by atoms with Crippen molar-refractivity contribution in [3.63, 3.8) is 0 Å². The number of hydrogen-bond acceptors (Lipinski definition) is 5. The van der Waals surface area contributed by atoms with E-state index in [4.69, 9.17) is 0 Å². The summed E-state index contributed by atoms with van der Waals surface area (Å²) in [6, 6.07) is 6.34. The summed E-state index contributed by atoms with van der Waals surface area (Å²) in [5, 5.41) is 3.34. The number of carbonyl (C=O) groups is 1. The predicted molar refractivity (Wildman–Crippen MR) is 114 cm³/mol. The van der Waals surface area contributed by atoms with Crippen molar-refractivity contribution in [2.75, 3.05) is 26.2 Å². The summed E-state index contributed by atoms with van der Waals surface area (Å²) in [5.41, 5.74) is 0.762. The average molecular weight is 417 g/mol. The Bertz CT molecular complexity index is 1070. The first kappa shape index (κ1) is 21.1. The maximum absolute atomic E-state index is 13.9. The molecular weight excluding hydrogens is 391 g/mol. The van der Waals surface area contributed by atoms with Crippen LogP contribution in [0.2, 0.25) is 0 Å². The molecule has 0 aliphatic rings. The Hall–Kier alpha value is -2.58. The first-order valence-electron chi connectivity index (χ1n) is 9.68. The minimum Gasteiger partial charge on any atom is -0.350 e. The van der Waals surface area contributed by atoms with Crippen molar-refractivity contribution in [2.24, 2.45) is 0 Å². The van der Waals surface area contributed by atoms with Crippen molar-refractivity contribution in [1.29, 1.82) is 0 Å². The van der Waals surface area contributed by atoms with Crippen LogP contribution < -0.4 is 10.9 Å². The number of carbonyl (C=O) groups excluding carboxylic acids is 1.